The van der Waals surface area contributed by atoms with E-state index in [1.165, 1.54) is 6.08 Å². The number of aromatic nitrogens is 2. The summed E-state index contributed by atoms with van der Waals surface area (Å²) in [6.45, 7) is 11.2. The molecule has 0 radical (unpaired) electrons. The fourth-order valence-corrected chi connectivity index (χ4v) is 3.64. The summed E-state index contributed by atoms with van der Waals surface area (Å²) >= 11 is 0. The van der Waals surface area contributed by atoms with Crippen LogP contribution in [0.25, 0.3) is 16.7 Å². The lowest BCUT2D eigenvalue weighted by atomic mass is 10.2. The standard InChI is InChI=1S/C28H35N7O2/c1-8-28(36)32-23-17-24(27(37-7)18-26(23)34(6)16-15-33(4)5)31-21(3)29-14-13-20(2)35-19-30-22-11-9-10-12-25(22)35/h8-14,17-19H,1-2,15-16H2,3-7H3,(H,29,31)(H,32,36)/b14-13-. The fraction of sp³-hybridized carbons (Fsp3) is 0.250. The van der Waals surface area contributed by atoms with Gasteiger partial charge in [0.25, 0.3) is 0 Å². The van der Waals surface area contributed by atoms with Crippen LogP contribution in [0, 0.1) is 0 Å². The molecule has 0 unspecified atom stereocenters. The van der Waals surface area contributed by atoms with Crippen LogP contribution in [0.5, 0.6) is 5.75 Å². The predicted molar refractivity (Wildman–Crippen MR) is 155 cm³/mol. The van der Waals surface area contributed by atoms with Crippen LogP contribution in [0.15, 0.2) is 79.2 Å². The van der Waals surface area contributed by atoms with Gasteiger partial charge >= 0.3 is 0 Å². The number of hydrogen-bond donors (Lipinski definition) is 2. The summed E-state index contributed by atoms with van der Waals surface area (Å²) in [5, 5.41) is 6.17. The number of para-hydroxylation sites is 2. The van der Waals surface area contributed by atoms with Crippen LogP contribution in [0.4, 0.5) is 17.1 Å². The average molecular weight is 502 g/mol. The summed E-state index contributed by atoms with van der Waals surface area (Å²) < 4.78 is 7.56. The van der Waals surface area contributed by atoms with Crippen molar-refractivity contribution in [2.45, 2.75) is 6.92 Å². The van der Waals surface area contributed by atoms with E-state index in [-0.39, 0.29) is 5.91 Å². The Balaban J connectivity index is 1.82. The van der Waals surface area contributed by atoms with Crippen molar-refractivity contribution in [1.82, 2.24) is 14.5 Å². The molecule has 1 aromatic heterocycles. The number of ether oxygens (including phenoxy) is 1. The number of methoxy groups -OCH3 is 1. The van der Waals surface area contributed by atoms with Gasteiger partial charge in [-0.05, 0) is 51.4 Å². The molecule has 2 aromatic carbocycles. The fourth-order valence-electron chi connectivity index (χ4n) is 3.64. The number of nitrogens with zero attached hydrogens (tertiary/aromatic N) is 5. The number of allylic oxidation sites excluding steroid dienone is 2. The molecule has 2 N–H and O–H groups in total. The van der Waals surface area contributed by atoms with Crippen molar-refractivity contribution in [1.29, 1.82) is 0 Å². The third-order valence-corrected chi connectivity index (χ3v) is 5.67. The van der Waals surface area contributed by atoms with Crippen LogP contribution in [-0.2, 0) is 4.79 Å². The molecule has 9 heteroatoms. The molecule has 0 saturated heterocycles. The van der Waals surface area contributed by atoms with E-state index in [1.807, 2.05) is 75.1 Å². The summed E-state index contributed by atoms with van der Waals surface area (Å²) in [5.74, 6) is 0.959. The van der Waals surface area contributed by atoms with Crippen LogP contribution in [0.3, 0.4) is 0 Å². The minimum Gasteiger partial charge on any atom is -0.494 e. The number of benzene rings is 2. The largest absolute Gasteiger partial charge is 0.494 e. The third kappa shape index (κ3) is 7.08. The first-order chi connectivity index (χ1) is 17.7. The molecular formula is C28H35N7O2. The lowest BCUT2D eigenvalue weighted by molar-refractivity contribution is -0.111. The van der Waals surface area contributed by atoms with Gasteiger partial charge in [-0.25, -0.2) is 9.98 Å². The Hall–Kier alpha value is -4.37. The second-order valence-corrected chi connectivity index (χ2v) is 8.74. The van der Waals surface area contributed by atoms with Gasteiger partial charge in [-0.15, -0.1) is 0 Å². The highest BCUT2D eigenvalue weighted by atomic mass is 16.5. The monoisotopic (exact) mass is 501 g/mol. The van der Waals surface area contributed by atoms with E-state index in [4.69, 9.17) is 4.74 Å². The Morgan fingerprint density at radius 1 is 1.16 bits per heavy atom. The van der Waals surface area contributed by atoms with E-state index in [0.717, 1.165) is 35.5 Å². The van der Waals surface area contributed by atoms with Crippen molar-refractivity contribution in [3.8, 4) is 5.75 Å². The number of imidazole rings is 1. The number of carbonyl (C=O) groups is 1. The van der Waals surface area contributed by atoms with Crippen molar-refractivity contribution >= 4 is 45.5 Å². The highest BCUT2D eigenvalue weighted by molar-refractivity contribution is 6.03. The van der Waals surface area contributed by atoms with Gasteiger partial charge in [0, 0.05) is 38.1 Å². The second kappa shape index (κ2) is 12.5. The number of amidine groups is 1. The number of fused-ring (bicyclic) bond motifs is 1. The maximum atomic E-state index is 12.1. The molecule has 0 bridgehead atoms. The molecule has 9 nitrogen and oxygen atoms in total. The summed E-state index contributed by atoms with van der Waals surface area (Å²) in [7, 11) is 7.62. The Morgan fingerprint density at radius 3 is 2.62 bits per heavy atom. The summed E-state index contributed by atoms with van der Waals surface area (Å²) in [6, 6.07) is 11.6. The van der Waals surface area contributed by atoms with Gasteiger partial charge in [0.2, 0.25) is 5.91 Å². The first-order valence-electron chi connectivity index (χ1n) is 11.8. The molecule has 194 valence electrons. The highest BCUT2D eigenvalue weighted by Crippen LogP contribution is 2.37. The van der Waals surface area contributed by atoms with Crippen LogP contribution in [0.1, 0.15) is 6.92 Å². The minimum atomic E-state index is -0.294. The van der Waals surface area contributed by atoms with Gasteiger partial charge < -0.3 is 25.2 Å². The van der Waals surface area contributed by atoms with E-state index in [2.05, 4.69) is 43.6 Å². The lowest BCUT2D eigenvalue weighted by Gasteiger charge is -2.26. The molecule has 0 aliphatic rings. The van der Waals surface area contributed by atoms with Gasteiger partial charge in [-0.1, -0.05) is 25.3 Å². The molecule has 0 spiro atoms. The minimum absolute atomic E-state index is 0.294. The summed E-state index contributed by atoms with van der Waals surface area (Å²) in [4.78, 5) is 25.2. The van der Waals surface area contributed by atoms with Gasteiger partial charge in [0.05, 0.1) is 35.2 Å². The maximum Gasteiger partial charge on any atom is 0.247 e. The topological polar surface area (TPSA) is 87.0 Å². The highest BCUT2D eigenvalue weighted by Gasteiger charge is 2.16. The van der Waals surface area contributed by atoms with Crippen molar-refractivity contribution in [3.05, 3.63) is 74.2 Å². The van der Waals surface area contributed by atoms with E-state index < -0.39 is 0 Å². The quantitative estimate of drug-likeness (QED) is 0.172. The number of amides is 1. The molecule has 3 aromatic rings. The zero-order valence-corrected chi connectivity index (χ0v) is 22.2. The SMILES string of the molecule is C=CC(=O)Nc1cc(NC(C)=N/C=C\C(=C)n2cnc3ccccc32)c(OC)cc1N(C)CCN(C)C. The molecule has 0 fully saturated rings. The van der Waals surface area contributed by atoms with E-state index in [1.54, 1.807) is 19.6 Å². The van der Waals surface area contributed by atoms with Gasteiger partial charge in [0.15, 0.2) is 0 Å². The number of aliphatic imine (C=N–C) groups is 1. The molecule has 0 atom stereocenters. The number of carbonyl (C=O) groups excluding carboxylic acids is 1. The number of rotatable bonds is 11. The van der Waals surface area contributed by atoms with Crippen molar-refractivity contribution in [2.75, 3.05) is 56.9 Å². The van der Waals surface area contributed by atoms with Crippen LogP contribution in [-0.4, -0.2) is 67.5 Å². The Labute approximate surface area is 218 Å². The summed E-state index contributed by atoms with van der Waals surface area (Å²) in [5.41, 5.74) is 4.75. The molecule has 3 rings (SSSR count). The molecule has 1 amide bonds. The van der Waals surface area contributed by atoms with Gasteiger partial charge in [0.1, 0.15) is 17.9 Å². The van der Waals surface area contributed by atoms with Crippen molar-refractivity contribution in [2.24, 2.45) is 4.99 Å². The maximum absolute atomic E-state index is 12.1. The van der Waals surface area contributed by atoms with Gasteiger partial charge in [-0.2, -0.15) is 0 Å². The molecule has 1 heterocycles. The average Bonchev–Trinajstić information content (AvgIpc) is 3.31. The van der Waals surface area contributed by atoms with Gasteiger partial charge in [-0.3, -0.25) is 9.36 Å². The zero-order chi connectivity index (χ0) is 26.9. The predicted octanol–water partition coefficient (Wildman–Crippen LogP) is 4.68. The number of anilines is 3. The van der Waals surface area contributed by atoms with Crippen LogP contribution in [0.2, 0.25) is 0 Å². The Bertz CT molecular complexity index is 1340. The smallest absolute Gasteiger partial charge is 0.247 e. The second-order valence-electron chi connectivity index (χ2n) is 8.74. The molecule has 37 heavy (non-hydrogen) atoms. The number of likely N-dealkylation sites (N-methyl/N-ethyl adjacent to an activating group) is 2. The van der Waals surface area contributed by atoms with E-state index in [9.17, 15) is 4.79 Å². The first kappa shape index (κ1) is 27.2. The van der Waals surface area contributed by atoms with Crippen LogP contribution < -0.4 is 20.3 Å². The summed E-state index contributed by atoms with van der Waals surface area (Å²) in [6.07, 6.45) is 6.48. The zero-order valence-electron chi connectivity index (χ0n) is 22.2. The molecule has 0 aliphatic heterocycles. The van der Waals surface area contributed by atoms with Crippen molar-refractivity contribution in [3.63, 3.8) is 0 Å². The Kier molecular flexibility index (Phi) is 9.23. The molecule has 0 aliphatic carbocycles. The van der Waals surface area contributed by atoms with E-state index in [0.29, 0.717) is 23.0 Å². The van der Waals surface area contributed by atoms with E-state index >= 15 is 0 Å². The lowest BCUT2D eigenvalue weighted by Crippen LogP contribution is -2.29. The molecule has 0 saturated carbocycles. The normalized spacial score (nSPS) is 11.7. The molecular weight excluding hydrogens is 466 g/mol. The first-order valence-corrected chi connectivity index (χ1v) is 11.8. The number of hydrogen-bond acceptors (Lipinski definition) is 6. The Morgan fingerprint density at radius 2 is 1.92 bits per heavy atom. The third-order valence-electron chi connectivity index (χ3n) is 5.67. The van der Waals surface area contributed by atoms with Crippen molar-refractivity contribution < 1.29 is 9.53 Å². The number of nitrogens with one attached hydrogen (secondary N) is 2. The van der Waals surface area contributed by atoms with Crippen LogP contribution >= 0.6 is 0 Å².